The van der Waals surface area contributed by atoms with Crippen molar-refractivity contribution in [2.75, 3.05) is 12.3 Å². The van der Waals surface area contributed by atoms with Gasteiger partial charge in [-0.3, -0.25) is 9.78 Å². The zero-order valence-corrected chi connectivity index (χ0v) is 10.6. The summed E-state index contributed by atoms with van der Waals surface area (Å²) in [5.41, 5.74) is 13.0. The van der Waals surface area contributed by atoms with E-state index in [4.69, 9.17) is 11.5 Å². The lowest BCUT2D eigenvalue weighted by Gasteiger charge is -2.26. The first kappa shape index (κ1) is 13.0. The molecule has 1 aliphatic rings. The highest BCUT2D eigenvalue weighted by atomic mass is 16.1. The van der Waals surface area contributed by atoms with E-state index in [0.29, 0.717) is 23.8 Å². The number of carbonyl (C=O) groups is 1. The Labute approximate surface area is 108 Å². The van der Waals surface area contributed by atoms with E-state index in [2.05, 4.69) is 4.98 Å². The number of ketones is 1. The second kappa shape index (κ2) is 5.96. The third-order valence-electron chi connectivity index (χ3n) is 3.94. The highest BCUT2D eigenvalue weighted by molar-refractivity contribution is 5.84. The monoisotopic (exact) mass is 247 g/mol. The predicted octanol–water partition coefficient (Wildman–Crippen LogP) is 1.54. The van der Waals surface area contributed by atoms with Crippen LogP contribution in [-0.2, 0) is 11.2 Å². The van der Waals surface area contributed by atoms with Crippen molar-refractivity contribution in [3.63, 3.8) is 0 Å². The molecule has 4 heteroatoms. The van der Waals surface area contributed by atoms with Gasteiger partial charge in [-0.2, -0.15) is 0 Å². The molecule has 1 saturated carbocycles. The third kappa shape index (κ3) is 3.07. The number of nitrogen functional groups attached to an aromatic ring is 1. The first-order valence-corrected chi connectivity index (χ1v) is 6.62. The number of rotatable bonds is 4. The lowest BCUT2D eigenvalue weighted by Crippen LogP contribution is -2.26. The van der Waals surface area contributed by atoms with E-state index in [9.17, 15) is 4.79 Å². The number of aromatic nitrogens is 1. The lowest BCUT2D eigenvalue weighted by molar-refractivity contribution is -0.123. The molecule has 0 radical (unpaired) electrons. The van der Waals surface area contributed by atoms with Crippen molar-refractivity contribution in [2.24, 2.45) is 17.6 Å². The second-order valence-electron chi connectivity index (χ2n) is 5.17. The first-order chi connectivity index (χ1) is 8.70. The van der Waals surface area contributed by atoms with E-state index in [1.165, 1.54) is 0 Å². The fourth-order valence-corrected chi connectivity index (χ4v) is 2.64. The zero-order chi connectivity index (χ0) is 13.0. The van der Waals surface area contributed by atoms with Gasteiger partial charge in [-0.15, -0.1) is 0 Å². The maximum absolute atomic E-state index is 12.2. The van der Waals surface area contributed by atoms with Gasteiger partial charge in [0.2, 0.25) is 0 Å². The number of Topliss-reactive ketones (excluding diaryl/α,β-unsaturated/α-hetero) is 1. The van der Waals surface area contributed by atoms with Crippen LogP contribution >= 0.6 is 0 Å². The molecular weight excluding hydrogens is 226 g/mol. The van der Waals surface area contributed by atoms with Crippen molar-refractivity contribution in [3.8, 4) is 0 Å². The summed E-state index contributed by atoms with van der Waals surface area (Å²) in [4.78, 5) is 16.2. The molecule has 0 bridgehead atoms. The van der Waals surface area contributed by atoms with E-state index in [1.807, 2.05) is 0 Å². The number of nitrogens with zero attached hydrogens (tertiary/aromatic N) is 1. The van der Waals surface area contributed by atoms with Gasteiger partial charge in [0.05, 0.1) is 0 Å². The van der Waals surface area contributed by atoms with Crippen LogP contribution in [0.5, 0.6) is 0 Å². The van der Waals surface area contributed by atoms with Crippen LogP contribution in [0, 0.1) is 11.8 Å². The summed E-state index contributed by atoms with van der Waals surface area (Å²) in [6.45, 7) is 0.746. The Morgan fingerprint density at radius 2 is 2.06 bits per heavy atom. The van der Waals surface area contributed by atoms with E-state index in [1.54, 1.807) is 18.5 Å². The van der Waals surface area contributed by atoms with Crippen LogP contribution in [0.3, 0.4) is 0 Å². The third-order valence-corrected chi connectivity index (χ3v) is 3.94. The molecule has 18 heavy (non-hydrogen) atoms. The largest absolute Gasteiger partial charge is 0.398 e. The molecule has 2 rings (SSSR count). The molecule has 0 spiro atoms. The van der Waals surface area contributed by atoms with E-state index < -0.39 is 0 Å². The molecule has 0 aliphatic heterocycles. The van der Waals surface area contributed by atoms with Gasteiger partial charge < -0.3 is 11.5 Å². The molecule has 1 heterocycles. The molecule has 98 valence electrons. The minimum atomic E-state index is 0.187. The van der Waals surface area contributed by atoms with Crippen molar-refractivity contribution in [3.05, 3.63) is 24.0 Å². The molecule has 0 amide bonds. The molecule has 0 aromatic carbocycles. The topological polar surface area (TPSA) is 82.0 Å². The smallest absolute Gasteiger partial charge is 0.140 e. The van der Waals surface area contributed by atoms with Gasteiger partial charge >= 0.3 is 0 Å². The summed E-state index contributed by atoms with van der Waals surface area (Å²) < 4.78 is 0. The SMILES string of the molecule is NCC1CCC(C(=O)Cc2cnccc2N)CC1. The maximum atomic E-state index is 12.2. The quantitative estimate of drug-likeness (QED) is 0.845. The van der Waals surface area contributed by atoms with Gasteiger partial charge in [0, 0.05) is 36.0 Å². The van der Waals surface area contributed by atoms with Crippen molar-refractivity contribution in [1.29, 1.82) is 0 Å². The highest BCUT2D eigenvalue weighted by Gasteiger charge is 2.25. The zero-order valence-electron chi connectivity index (χ0n) is 10.6. The normalized spacial score (nSPS) is 23.8. The average molecular weight is 247 g/mol. The molecular formula is C14H21N3O. The van der Waals surface area contributed by atoms with Crippen molar-refractivity contribution in [2.45, 2.75) is 32.1 Å². The average Bonchev–Trinajstić information content (AvgIpc) is 2.41. The van der Waals surface area contributed by atoms with Crippen molar-refractivity contribution >= 4 is 11.5 Å². The van der Waals surface area contributed by atoms with Gasteiger partial charge in [-0.1, -0.05) is 0 Å². The van der Waals surface area contributed by atoms with Crippen LogP contribution in [0.2, 0.25) is 0 Å². The molecule has 4 nitrogen and oxygen atoms in total. The number of nitrogens with two attached hydrogens (primary N) is 2. The Kier molecular flexibility index (Phi) is 4.31. The molecule has 1 aromatic heterocycles. The van der Waals surface area contributed by atoms with Crippen molar-refractivity contribution < 1.29 is 4.79 Å². The fraction of sp³-hybridized carbons (Fsp3) is 0.571. The van der Waals surface area contributed by atoms with E-state index in [-0.39, 0.29) is 5.92 Å². The minimum absolute atomic E-state index is 0.187. The highest BCUT2D eigenvalue weighted by Crippen LogP contribution is 2.29. The van der Waals surface area contributed by atoms with Crippen LogP contribution < -0.4 is 11.5 Å². The summed E-state index contributed by atoms with van der Waals surface area (Å²) in [7, 11) is 0. The van der Waals surface area contributed by atoms with Gasteiger partial charge in [0.25, 0.3) is 0 Å². The number of anilines is 1. The van der Waals surface area contributed by atoms with Crippen LogP contribution in [0.1, 0.15) is 31.2 Å². The van der Waals surface area contributed by atoms with Gasteiger partial charge in [-0.25, -0.2) is 0 Å². The standard InChI is InChI=1S/C14H21N3O/c15-8-10-1-3-11(4-2-10)14(18)7-12-9-17-6-5-13(12)16/h5-6,9-11H,1-4,7-8,15H2,(H2,16,17). The molecule has 1 aliphatic carbocycles. The maximum Gasteiger partial charge on any atom is 0.140 e. The van der Waals surface area contributed by atoms with Crippen LogP contribution in [0.25, 0.3) is 0 Å². The molecule has 1 aromatic rings. The predicted molar refractivity (Wildman–Crippen MR) is 71.9 cm³/mol. The molecule has 1 fully saturated rings. The molecule has 0 atom stereocenters. The summed E-state index contributed by atoms with van der Waals surface area (Å²) >= 11 is 0. The number of hydrogen-bond donors (Lipinski definition) is 2. The van der Waals surface area contributed by atoms with Crippen LogP contribution in [-0.4, -0.2) is 17.3 Å². The second-order valence-corrected chi connectivity index (χ2v) is 5.17. The summed E-state index contributed by atoms with van der Waals surface area (Å²) in [6, 6.07) is 1.74. The lowest BCUT2D eigenvalue weighted by atomic mass is 9.79. The number of carbonyl (C=O) groups excluding carboxylic acids is 1. The van der Waals surface area contributed by atoms with Gasteiger partial charge in [0.15, 0.2) is 0 Å². The fourth-order valence-electron chi connectivity index (χ4n) is 2.64. The summed E-state index contributed by atoms with van der Waals surface area (Å²) in [5.74, 6) is 1.09. The summed E-state index contributed by atoms with van der Waals surface area (Å²) in [5, 5.41) is 0. The Balaban J connectivity index is 1.91. The Morgan fingerprint density at radius 1 is 1.33 bits per heavy atom. The summed E-state index contributed by atoms with van der Waals surface area (Å²) in [6.07, 6.45) is 7.86. The Morgan fingerprint density at radius 3 is 2.67 bits per heavy atom. The van der Waals surface area contributed by atoms with E-state index in [0.717, 1.165) is 37.8 Å². The van der Waals surface area contributed by atoms with Gasteiger partial charge in [0.1, 0.15) is 5.78 Å². The number of hydrogen-bond acceptors (Lipinski definition) is 4. The Hall–Kier alpha value is -1.42. The molecule has 0 saturated heterocycles. The molecule has 0 unspecified atom stereocenters. The van der Waals surface area contributed by atoms with E-state index >= 15 is 0 Å². The van der Waals surface area contributed by atoms with Crippen molar-refractivity contribution in [1.82, 2.24) is 4.98 Å². The molecule has 4 N–H and O–H groups in total. The first-order valence-electron chi connectivity index (χ1n) is 6.62. The minimum Gasteiger partial charge on any atom is -0.398 e. The van der Waals surface area contributed by atoms with Crippen LogP contribution in [0.4, 0.5) is 5.69 Å². The van der Waals surface area contributed by atoms with Gasteiger partial charge in [-0.05, 0) is 44.2 Å². The number of pyridine rings is 1. The Bertz CT molecular complexity index is 411. The van der Waals surface area contributed by atoms with Crippen LogP contribution in [0.15, 0.2) is 18.5 Å².